The van der Waals surface area contributed by atoms with E-state index in [1.807, 2.05) is 32.0 Å². The molecule has 0 unspecified atom stereocenters. The Morgan fingerprint density at radius 1 is 1.22 bits per heavy atom. The molecule has 1 N–H and O–H groups in total. The second-order valence-corrected chi connectivity index (χ2v) is 8.47. The van der Waals surface area contributed by atoms with Crippen LogP contribution in [-0.2, 0) is 16.4 Å². The normalized spacial score (nSPS) is 14.6. The number of nitrogens with one attached hydrogen (secondary N) is 1. The summed E-state index contributed by atoms with van der Waals surface area (Å²) in [6.07, 6.45) is 0.813. The van der Waals surface area contributed by atoms with Crippen molar-refractivity contribution in [1.82, 2.24) is 4.72 Å². The quantitative estimate of drug-likeness (QED) is 0.799. The zero-order valence-corrected chi connectivity index (χ0v) is 15.9. The van der Waals surface area contributed by atoms with Crippen LogP contribution in [-0.4, -0.2) is 27.2 Å². The van der Waals surface area contributed by atoms with Gasteiger partial charge in [0.15, 0.2) is 11.5 Å². The molecule has 0 bridgehead atoms. The van der Waals surface area contributed by atoms with Crippen molar-refractivity contribution in [1.29, 1.82) is 0 Å². The Hall–Kier alpha value is -2.56. The molecule has 1 aliphatic rings. The van der Waals surface area contributed by atoms with Gasteiger partial charge >= 0.3 is 0 Å². The van der Waals surface area contributed by atoms with E-state index < -0.39 is 15.8 Å². The molecule has 0 aliphatic carbocycles. The number of sulfonamides is 1. The molecule has 1 heterocycles. The van der Waals surface area contributed by atoms with Gasteiger partial charge in [-0.25, -0.2) is 12.8 Å². The minimum Gasteiger partial charge on any atom is -0.483 e. The van der Waals surface area contributed by atoms with E-state index in [9.17, 15) is 12.8 Å². The summed E-state index contributed by atoms with van der Waals surface area (Å²) in [5.41, 5.74) is 0.830. The van der Waals surface area contributed by atoms with E-state index in [1.165, 1.54) is 18.2 Å². The summed E-state index contributed by atoms with van der Waals surface area (Å²) in [4.78, 5) is -0.139. The van der Waals surface area contributed by atoms with Gasteiger partial charge in [-0.05, 0) is 38.1 Å². The molecule has 5 nitrogen and oxygen atoms in total. The Labute approximate surface area is 158 Å². The molecular formula is C20H20FNO4S. The third-order valence-electron chi connectivity index (χ3n) is 3.94. The first-order chi connectivity index (χ1) is 12.8. The molecule has 2 aromatic carbocycles. The third-order valence-corrected chi connectivity index (χ3v) is 5.34. The molecule has 1 aliphatic heterocycles. The summed E-state index contributed by atoms with van der Waals surface area (Å²) in [5.74, 6) is 6.17. The van der Waals surface area contributed by atoms with Crippen LogP contribution >= 0.6 is 0 Å². The van der Waals surface area contributed by atoms with E-state index in [0.29, 0.717) is 5.75 Å². The van der Waals surface area contributed by atoms with Crippen molar-refractivity contribution in [3.63, 3.8) is 0 Å². The lowest BCUT2D eigenvalue weighted by Gasteiger charge is -2.17. The molecule has 142 valence electrons. The Balaban J connectivity index is 1.54. The Bertz CT molecular complexity index is 1010. The average Bonchev–Trinajstić information content (AvgIpc) is 2.92. The summed E-state index contributed by atoms with van der Waals surface area (Å²) < 4.78 is 51.1. The van der Waals surface area contributed by atoms with E-state index in [-0.39, 0.29) is 23.6 Å². The lowest BCUT2D eigenvalue weighted by atomic mass is 10.0. The van der Waals surface area contributed by atoms with Crippen LogP contribution in [0.3, 0.4) is 0 Å². The predicted octanol–water partition coefficient (Wildman–Crippen LogP) is 2.90. The molecule has 7 heteroatoms. The van der Waals surface area contributed by atoms with Crippen molar-refractivity contribution in [3.8, 4) is 23.3 Å². The third kappa shape index (κ3) is 4.79. The fraction of sp³-hybridized carbons (Fsp3) is 0.300. The second-order valence-electron chi connectivity index (χ2n) is 6.71. The van der Waals surface area contributed by atoms with Crippen LogP contribution < -0.4 is 14.2 Å². The van der Waals surface area contributed by atoms with Crippen molar-refractivity contribution in [2.24, 2.45) is 0 Å². The van der Waals surface area contributed by atoms with Gasteiger partial charge in [0.05, 0.1) is 11.4 Å². The number of ether oxygens (including phenoxy) is 2. The minimum atomic E-state index is -3.80. The van der Waals surface area contributed by atoms with E-state index in [2.05, 4.69) is 16.6 Å². The van der Waals surface area contributed by atoms with Crippen molar-refractivity contribution in [2.45, 2.75) is 30.8 Å². The topological polar surface area (TPSA) is 64.6 Å². The van der Waals surface area contributed by atoms with Gasteiger partial charge in [-0.1, -0.05) is 30.0 Å². The number of fused-ring (bicyclic) bond motifs is 1. The number of benzene rings is 2. The lowest BCUT2D eigenvalue weighted by molar-refractivity contribution is 0.133. The van der Waals surface area contributed by atoms with Crippen LogP contribution in [0, 0.1) is 17.7 Å². The summed E-state index contributed by atoms with van der Waals surface area (Å²) in [6, 6.07) is 10.5. The van der Waals surface area contributed by atoms with Gasteiger partial charge in [-0.3, -0.25) is 0 Å². The van der Waals surface area contributed by atoms with Gasteiger partial charge in [0, 0.05) is 12.0 Å². The van der Waals surface area contributed by atoms with E-state index >= 15 is 0 Å². The van der Waals surface area contributed by atoms with Gasteiger partial charge in [0.2, 0.25) is 10.0 Å². The van der Waals surface area contributed by atoms with Crippen LogP contribution in [0.4, 0.5) is 4.39 Å². The van der Waals surface area contributed by atoms with E-state index in [4.69, 9.17) is 9.47 Å². The molecule has 0 atom stereocenters. The second kappa shape index (κ2) is 7.59. The highest BCUT2D eigenvalue weighted by atomic mass is 32.2. The molecule has 0 saturated heterocycles. The highest BCUT2D eigenvalue weighted by molar-refractivity contribution is 7.89. The van der Waals surface area contributed by atoms with Crippen LogP contribution in [0.25, 0.3) is 0 Å². The lowest BCUT2D eigenvalue weighted by Crippen LogP contribution is -2.24. The molecule has 0 saturated carbocycles. The number of hydrogen-bond donors (Lipinski definition) is 1. The van der Waals surface area contributed by atoms with Crippen LogP contribution in [0.2, 0.25) is 0 Å². The van der Waals surface area contributed by atoms with Crippen molar-refractivity contribution in [2.75, 3.05) is 13.2 Å². The maximum Gasteiger partial charge on any atom is 0.241 e. The van der Waals surface area contributed by atoms with Crippen LogP contribution in [0.1, 0.15) is 19.4 Å². The van der Waals surface area contributed by atoms with Crippen LogP contribution in [0.5, 0.6) is 11.5 Å². The highest BCUT2D eigenvalue weighted by Crippen LogP contribution is 2.41. The number of para-hydroxylation sites is 1. The van der Waals surface area contributed by atoms with Gasteiger partial charge in [0.1, 0.15) is 18.0 Å². The van der Waals surface area contributed by atoms with Gasteiger partial charge in [-0.15, -0.1) is 0 Å². The molecule has 0 amide bonds. The summed E-state index contributed by atoms with van der Waals surface area (Å²) >= 11 is 0. The summed E-state index contributed by atoms with van der Waals surface area (Å²) in [5, 5.41) is 0. The maximum absolute atomic E-state index is 13.1. The van der Waals surface area contributed by atoms with Crippen molar-refractivity contribution < 1.29 is 22.3 Å². The summed E-state index contributed by atoms with van der Waals surface area (Å²) in [6.45, 7) is 4.03. The predicted molar refractivity (Wildman–Crippen MR) is 99.7 cm³/mol. The fourth-order valence-electron chi connectivity index (χ4n) is 2.78. The zero-order chi connectivity index (χ0) is 19.5. The zero-order valence-electron chi connectivity index (χ0n) is 15.1. The van der Waals surface area contributed by atoms with Crippen LogP contribution in [0.15, 0.2) is 47.4 Å². The fourth-order valence-corrected chi connectivity index (χ4v) is 3.73. The summed E-state index contributed by atoms with van der Waals surface area (Å²) in [7, 11) is -3.80. The Morgan fingerprint density at radius 2 is 2.00 bits per heavy atom. The molecule has 27 heavy (non-hydrogen) atoms. The maximum atomic E-state index is 13.1. The number of rotatable bonds is 5. The largest absolute Gasteiger partial charge is 0.483 e. The highest BCUT2D eigenvalue weighted by Gasteiger charge is 2.32. The van der Waals surface area contributed by atoms with Crippen molar-refractivity contribution in [3.05, 3.63) is 53.8 Å². The first kappa shape index (κ1) is 19.2. The molecule has 0 fully saturated rings. The first-order valence-electron chi connectivity index (χ1n) is 8.41. The standard InChI is InChI=1S/C20H20FNO4S/c1-20(2)14-15-7-5-10-18(19(15)26-20)25-12-4-3-11-22-27(23,24)17-9-6-8-16(21)13-17/h5-10,13,22H,11-12,14H2,1-2H3. The SMILES string of the molecule is CC1(C)Cc2cccc(OCC#CCNS(=O)(=O)c3cccc(F)c3)c2O1. The molecule has 3 rings (SSSR count). The van der Waals surface area contributed by atoms with Gasteiger partial charge in [-0.2, -0.15) is 4.72 Å². The first-order valence-corrected chi connectivity index (χ1v) is 9.90. The van der Waals surface area contributed by atoms with Gasteiger partial charge < -0.3 is 9.47 Å². The number of halogens is 1. The molecular weight excluding hydrogens is 369 g/mol. The van der Waals surface area contributed by atoms with E-state index in [0.717, 1.165) is 23.8 Å². The monoisotopic (exact) mass is 389 g/mol. The minimum absolute atomic E-state index is 0.0986. The van der Waals surface area contributed by atoms with E-state index in [1.54, 1.807) is 0 Å². The Kier molecular flexibility index (Phi) is 5.40. The molecule has 0 aromatic heterocycles. The van der Waals surface area contributed by atoms with Crippen molar-refractivity contribution >= 4 is 10.0 Å². The molecule has 2 aromatic rings. The molecule has 0 spiro atoms. The van der Waals surface area contributed by atoms with Gasteiger partial charge in [0.25, 0.3) is 0 Å². The number of hydrogen-bond acceptors (Lipinski definition) is 4. The average molecular weight is 389 g/mol. The Morgan fingerprint density at radius 3 is 2.78 bits per heavy atom. The smallest absolute Gasteiger partial charge is 0.241 e. The molecule has 0 radical (unpaired) electrons.